The SMILES string of the molecule is CC(C)CCC(OC1CCCCC1)C(C)(C)C. The molecule has 0 heterocycles. The zero-order valence-corrected chi connectivity index (χ0v) is 12.6. The Bertz CT molecular complexity index is 196. The lowest BCUT2D eigenvalue weighted by atomic mass is 9.84. The van der Waals surface area contributed by atoms with Crippen LogP contribution >= 0.6 is 0 Å². The van der Waals surface area contributed by atoms with Crippen LogP contribution in [0, 0.1) is 11.3 Å². The fourth-order valence-electron chi connectivity index (χ4n) is 2.62. The molecule has 0 aliphatic heterocycles. The Morgan fingerprint density at radius 3 is 2.06 bits per heavy atom. The summed E-state index contributed by atoms with van der Waals surface area (Å²) in [7, 11) is 0. The third-order valence-electron chi connectivity index (χ3n) is 3.88. The zero-order chi connectivity index (χ0) is 12.9. The van der Waals surface area contributed by atoms with Crippen LogP contribution in [0.15, 0.2) is 0 Å². The summed E-state index contributed by atoms with van der Waals surface area (Å²) in [6.45, 7) is 11.6. The minimum absolute atomic E-state index is 0.284. The van der Waals surface area contributed by atoms with Gasteiger partial charge in [0.15, 0.2) is 0 Å². The maximum Gasteiger partial charge on any atom is 0.0627 e. The van der Waals surface area contributed by atoms with Crippen molar-refractivity contribution in [3.63, 3.8) is 0 Å². The van der Waals surface area contributed by atoms with Crippen molar-refractivity contribution in [3.8, 4) is 0 Å². The maximum absolute atomic E-state index is 6.41. The Kier molecular flexibility index (Phi) is 5.99. The Labute approximate surface area is 108 Å². The molecule has 1 heteroatoms. The molecule has 0 amide bonds. The topological polar surface area (TPSA) is 9.23 Å². The second-order valence-electron chi connectivity index (χ2n) is 7.22. The van der Waals surface area contributed by atoms with Gasteiger partial charge >= 0.3 is 0 Å². The molecule has 102 valence electrons. The van der Waals surface area contributed by atoms with Gasteiger partial charge in [-0.3, -0.25) is 0 Å². The van der Waals surface area contributed by atoms with Crippen molar-refractivity contribution < 1.29 is 4.74 Å². The van der Waals surface area contributed by atoms with Crippen LogP contribution in [0.4, 0.5) is 0 Å². The largest absolute Gasteiger partial charge is 0.374 e. The first kappa shape index (κ1) is 15.0. The first-order chi connectivity index (χ1) is 7.89. The fraction of sp³-hybridized carbons (Fsp3) is 1.00. The van der Waals surface area contributed by atoms with Crippen molar-refractivity contribution in [1.29, 1.82) is 0 Å². The highest BCUT2D eigenvalue weighted by molar-refractivity contribution is 4.78. The van der Waals surface area contributed by atoms with E-state index in [1.165, 1.54) is 44.9 Å². The summed E-state index contributed by atoms with van der Waals surface area (Å²) in [6.07, 6.45) is 10.2. The highest BCUT2D eigenvalue weighted by atomic mass is 16.5. The molecule has 0 bridgehead atoms. The van der Waals surface area contributed by atoms with Gasteiger partial charge in [0.25, 0.3) is 0 Å². The summed E-state index contributed by atoms with van der Waals surface area (Å²) in [6, 6.07) is 0. The van der Waals surface area contributed by atoms with E-state index in [0.29, 0.717) is 12.2 Å². The summed E-state index contributed by atoms with van der Waals surface area (Å²) in [5, 5.41) is 0. The predicted octanol–water partition coefficient (Wildman–Crippen LogP) is 5.19. The smallest absolute Gasteiger partial charge is 0.0627 e. The molecule has 0 aromatic rings. The molecule has 0 radical (unpaired) electrons. The minimum atomic E-state index is 0.284. The van der Waals surface area contributed by atoms with Gasteiger partial charge in [0.2, 0.25) is 0 Å². The van der Waals surface area contributed by atoms with Crippen LogP contribution in [0.1, 0.15) is 79.6 Å². The lowest BCUT2D eigenvalue weighted by Crippen LogP contribution is -2.34. The van der Waals surface area contributed by atoms with Crippen LogP contribution in [0.3, 0.4) is 0 Å². The van der Waals surface area contributed by atoms with Crippen molar-refractivity contribution in [2.24, 2.45) is 11.3 Å². The molecular weight excluding hydrogens is 208 g/mol. The molecule has 1 nitrogen and oxygen atoms in total. The Morgan fingerprint density at radius 1 is 1.00 bits per heavy atom. The molecule has 1 saturated carbocycles. The van der Waals surface area contributed by atoms with Gasteiger partial charge < -0.3 is 4.74 Å². The summed E-state index contributed by atoms with van der Waals surface area (Å²) in [5.74, 6) is 0.787. The molecule has 1 aliphatic rings. The third kappa shape index (κ3) is 5.90. The van der Waals surface area contributed by atoms with Crippen LogP contribution in [-0.2, 0) is 4.74 Å². The average Bonchev–Trinajstić information content (AvgIpc) is 2.23. The van der Waals surface area contributed by atoms with Crippen LogP contribution in [0.2, 0.25) is 0 Å². The molecule has 1 unspecified atom stereocenters. The highest BCUT2D eigenvalue weighted by Crippen LogP contribution is 2.31. The quantitative estimate of drug-likeness (QED) is 0.643. The molecule has 1 aliphatic carbocycles. The van der Waals surface area contributed by atoms with E-state index in [1.807, 2.05) is 0 Å². The second-order valence-corrected chi connectivity index (χ2v) is 7.22. The van der Waals surface area contributed by atoms with Crippen molar-refractivity contribution >= 4 is 0 Å². The van der Waals surface area contributed by atoms with Crippen molar-refractivity contribution in [2.75, 3.05) is 0 Å². The molecule has 0 aromatic carbocycles. The highest BCUT2D eigenvalue weighted by Gasteiger charge is 2.28. The molecule has 1 atom stereocenters. The molecule has 1 rings (SSSR count). The van der Waals surface area contributed by atoms with Crippen molar-refractivity contribution in [1.82, 2.24) is 0 Å². The van der Waals surface area contributed by atoms with Gasteiger partial charge in [-0.05, 0) is 37.0 Å². The van der Waals surface area contributed by atoms with E-state index in [2.05, 4.69) is 34.6 Å². The average molecular weight is 240 g/mol. The second kappa shape index (κ2) is 6.78. The van der Waals surface area contributed by atoms with E-state index < -0.39 is 0 Å². The normalized spacial score (nSPS) is 20.8. The molecule has 1 fully saturated rings. The molecule has 0 N–H and O–H groups in total. The van der Waals surface area contributed by atoms with Crippen molar-refractivity contribution in [2.45, 2.75) is 91.8 Å². The van der Waals surface area contributed by atoms with E-state index in [9.17, 15) is 0 Å². The lowest BCUT2D eigenvalue weighted by molar-refractivity contribution is -0.0837. The number of hydrogen-bond donors (Lipinski definition) is 0. The maximum atomic E-state index is 6.41. The number of ether oxygens (including phenoxy) is 1. The van der Waals surface area contributed by atoms with Crippen LogP contribution in [0.5, 0.6) is 0 Å². The molecule has 0 spiro atoms. The van der Waals surface area contributed by atoms with E-state index >= 15 is 0 Å². The van der Waals surface area contributed by atoms with Crippen LogP contribution < -0.4 is 0 Å². The summed E-state index contributed by atoms with van der Waals surface area (Å²) in [5.41, 5.74) is 0.284. The Morgan fingerprint density at radius 2 is 1.59 bits per heavy atom. The van der Waals surface area contributed by atoms with Gasteiger partial charge in [0, 0.05) is 0 Å². The molecule has 0 aromatic heterocycles. The first-order valence-corrected chi connectivity index (χ1v) is 7.55. The van der Waals surface area contributed by atoms with Gasteiger partial charge in [0.05, 0.1) is 12.2 Å². The third-order valence-corrected chi connectivity index (χ3v) is 3.88. The zero-order valence-electron chi connectivity index (χ0n) is 12.6. The van der Waals surface area contributed by atoms with E-state index in [0.717, 1.165) is 5.92 Å². The molecule has 0 saturated heterocycles. The van der Waals surface area contributed by atoms with Gasteiger partial charge in [-0.15, -0.1) is 0 Å². The Hall–Kier alpha value is -0.0400. The van der Waals surface area contributed by atoms with E-state index in [-0.39, 0.29) is 5.41 Å². The van der Waals surface area contributed by atoms with Crippen molar-refractivity contribution in [3.05, 3.63) is 0 Å². The van der Waals surface area contributed by atoms with Gasteiger partial charge in [-0.1, -0.05) is 53.9 Å². The first-order valence-electron chi connectivity index (χ1n) is 7.55. The van der Waals surface area contributed by atoms with E-state index in [1.54, 1.807) is 0 Å². The summed E-state index contributed by atoms with van der Waals surface area (Å²) >= 11 is 0. The monoisotopic (exact) mass is 240 g/mol. The van der Waals surface area contributed by atoms with Gasteiger partial charge in [-0.25, -0.2) is 0 Å². The van der Waals surface area contributed by atoms with Crippen LogP contribution in [-0.4, -0.2) is 12.2 Å². The number of rotatable bonds is 5. The van der Waals surface area contributed by atoms with Gasteiger partial charge in [-0.2, -0.15) is 0 Å². The standard InChI is InChI=1S/C16H32O/c1-13(2)11-12-15(16(3,4)5)17-14-9-7-6-8-10-14/h13-15H,6-12H2,1-5H3. The minimum Gasteiger partial charge on any atom is -0.374 e. The summed E-state index contributed by atoms with van der Waals surface area (Å²) in [4.78, 5) is 0. The van der Waals surface area contributed by atoms with E-state index in [4.69, 9.17) is 4.74 Å². The van der Waals surface area contributed by atoms with Crippen LogP contribution in [0.25, 0.3) is 0 Å². The molecule has 17 heavy (non-hydrogen) atoms. The number of hydrogen-bond acceptors (Lipinski definition) is 1. The lowest BCUT2D eigenvalue weighted by Gasteiger charge is -2.36. The fourth-order valence-corrected chi connectivity index (χ4v) is 2.62. The summed E-state index contributed by atoms with van der Waals surface area (Å²) < 4.78 is 6.41. The predicted molar refractivity (Wildman–Crippen MR) is 75.3 cm³/mol. The Balaban J connectivity index is 2.44. The van der Waals surface area contributed by atoms with Gasteiger partial charge in [0.1, 0.15) is 0 Å². The molecular formula is C16H32O.